The standard InChI is InChI=1S/C26H42O10Si/c1-26(2)35-22(15-27)24(36-26)20(33-16-29-3)10-9-18-13-19(31-5)14-21(34-17-30-4)23(18)25(28)32-11-12-37(6,7)8/h9-10,13-14,20,22,24,27H,11-12,15-17H2,1-8H3. The van der Waals surface area contributed by atoms with Crippen molar-refractivity contribution in [3.8, 4) is 11.5 Å². The first-order valence-corrected chi connectivity index (χ1v) is 15.9. The molecule has 1 aromatic carbocycles. The topological polar surface area (TPSA) is 111 Å². The quantitative estimate of drug-likeness (QED) is 0.200. The number of esters is 1. The predicted octanol–water partition coefficient (Wildman–Crippen LogP) is 3.69. The van der Waals surface area contributed by atoms with Crippen molar-refractivity contribution < 1.29 is 47.8 Å². The zero-order chi connectivity index (χ0) is 27.6. The molecule has 11 heteroatoms. The van der Waals surface area contributed by atoms with Crippen LogP contribution in [0.4, 0.5) is 0 Å². The molecule has 0 spiro atoms. The Balaban J connectivity index is 2.46. The first-order chi connectivity index (χ1) is 17.4. The van der Waals surface area contributed by atoms with Crippen LogP contribution in [-0.2, 0) is 28.4 Å². The van der Waals surface area contributed by atoms with Gasteiger partial charge in [-0.05, 0) is 31.5 Å². The van der Waals surface area contributed by atoms with Crippen LogP contribution in [0.25, 0.3) is 6.08 Å². The molecular formula is C26H42O10Si. The maximum atomic E-state index is 13.3. The molecule has 0 aliphatic carbocycles. The van der Waals surface area contributed by atoms with Crippen LogP contribution in [0.5, 0.6) is 11.5 Å². The molecule has 1 aliphatic heterocycles. The Morgan fingerprint density at radius 2 is 1.84 bits per heavy atom. The zero-order valence-electron chi connectivity index (χ0n) is 23.2. The first-order valence-electron chi connectivity index (χ1n) is 12.2. The number of rotatable bonds is 15. The van der Waals surface area contributed by atoms with Crippen LogP contribution in [0.3, 0.4) is 0 Å². The van der Waals surface area contributed by atoms with Gasteiger partial charge in [0.2, 0.25) is 0 Å². The molecule has 1 saturated heterocycles. The smallest absolute Gasteiger partial charge is 0.342 e. The number of ether oxygens (including phenoxy) is 8. The molecule has 37 heavy (non-hydrogen) atoms. The van der Waals surface area contributed by atoms with E-state index in [1.165, 1.54) is 21.3 Å². The number of benzene rings is 1. The molecule has 0 amide bonds. The minimum Gasteiger partial charge on any atom is -0.497 e. The Labute approximate surface area is 220 Å². The van der Waals surface area contributed by atoms with Gasteiger partial charge in [-0.25, -0.2) is 4.79 Å². The Morgan fingerprint density at radius 1 is 1.14 bits per heavy atom. The van der Waals surface area contributed by atoms with Crippen LogP contribution in [0.15, 0.2) is 18.2 Å². The van der Waals surface area contributed by atoms with Gasteiger partial charge in [-0.1, -0.05) is 31.8 Å². The first kappa shape index (κ1) is 31.2. The number of aliphatic hydroxyl groups is 1. The van der Waals surface area contributed by atoms with Crippen LogP contribution in [-0.4, -0.2) is 91.4 Å². The SMILES string of the molecule is COCOc1cc(OC)cc(C=CC(OCOC)C2OC(C)(C)OC2CO)c1C(=O)OCC[Si](C)(C)C. The summed E-state index contributed by atoms with van der Waals surface area (Å²) in [6.45, 7) is 10.2. The average molecular weight is 543 g/mol. The molecular weight excluding hydrogens is 500 g/mol. The molecule has 1 heterocycles. The summed E-state index contributed by atoms with van der Waals surface area (Å²) in [6.07, 6.45) is 1.54. The largest absolute Gasteiger partial charge is 0.497 e. The Hall–Kier alpha value is -1.99. The van der Waals surface area contributed by atoms with Crippen molar-refractivity contribution in [1.82, 2.24) is 0 Å². The third-order valence-electron chi connectivity index (χ3n) is 5.53. The zero-order valence-corrected chi connectivity index (χ0v) is 24.2. The molecule has 1 N–H and O–H groups in total. The van der Waals surface area contributed by atoms with Crippen LogP contribution in [0.1, 0.15) is 29.8 Å². The molecule has 0 bridgehead atoms. The van der Waals surface area contributed by atoms with Gasteiger partial charge in [0.25, 0.3) is 0 Å². The van der Waals surface area contributed by atoms with Gasteiger partial charge in [0.05, 0.1) is 20.3 Å². The van der Waals surface area contributed by atoms with Gasteiger partial charge in [-0.3, -0.25) is 0 Å². The number of hydrogen-bond donors (Lipinski definition) is 1. The summed E-state index contributed by atoms with van der Waals surface area (Å²) >= 11 is 0. The second-order valence-electron chi connectivity index (χ2n) is 10.3. The number of aliphatic hydroxyl groups excluding tert-OH is 1. The lowest BCUT2D eigenvalue weighted by Gasteiger charge is -2.24. The highest BCUT2D eigenvalue weighted by molar-refractivity contribution is 6.76. The summed E-state index contributed by atoms with van der Waals surface area (Å²) in [5, 5.41) is 9.85. The maximum absolute atomic E-state index is 13.3. The summed E-state index contributed by atoms with van der Waals surface area (Å²) in [4.78, 5) is 13.3. The molecule has 2 rings (SSSR count). The minimum atomic E-state index is -1.41. The fourth-order valence-corrected chi connectivity index (χ4v) is 4.44. The van der Waals surface area contributed by atoms with Gasteiger partial charge >= 0.3 is 5.97 Å². The number of hydrogen-bond acceptors (Lipinski definition) is 10. The van der Waals surface area contributed by atoms with Crippen molar-refractivity contribution >= 4 is 20.1 Å². The normalized spacial score (nSPS) is 20.2. The van der Waals surface area contributed by atoms with Gasteiger partial charge in [0.15, 0.2) is 12.6 Å². The number of methoxy groups -OCH3 is 3. The van der Waals surface area contributed by atoms with Crippen molar-refractivity contribution in [3.05, 3.63) is 29.3 Å². The molecule has 210 valence electrons. The highest BCUT2D eigenvalue weighted by atomic mass is 28.3. The van der Waals surface area contributed by atoms with E-state index in [9.17, 15) is 9.90 Å². The summed E-state index contributed by atoms with van der Waals surface area (Å²) in [5.74, 6) is -0.671. The molecule has 10 nitrogen and oxygen atoms in total. The van der Waals surface area contributed by atoms with Crippen molar-refractivity contribution in [3.63, 3.8) is 0 Å². The van der Waals surface area contributed by atoms with E-state index in [0.717, 1.165) is 6.04 Å². The molecule has 1 aliphatic rings. The van der Waals surface area contributed by atoms with Crippen LogP contribution in [0, 0.1) is 0 Å². The third kappa shape index (κ3) is 9.68. The van der Waals surface area contributed by atoms with Gasteiger partial charge in [-0.2, -0.15) is 0 Å². The molecule has 3 atom stereocenters. The average Bonchev–Trinajstić information content (AvgIpc) is 3.15. The lowest BCUT2D eigenvalue weighted by atomic mass is 10.0. The van der Waals surface area contributed by atoms with Crippen molar-refractivity contribution in [2.45, 2.75) is 63.6 Å². The monoisotopic (exact) mass is 542 g/mol. The van der Waals surface area contributed by atoms with Crippen molar-refractivity contribution in [2.75, 3.05) is 48.1 Å². The highest BCUT2D eigenvalue weighted by Crippen LogP contribution is 2.34. The Morgan fingerprint density at radius 3 is 2.43 bits per heavy atom. The molecule has 0 aromatic heterocycles. The van der Waals surface area contributed by atoms with Gasteiger partial charge in [-0.15, -0.1) is 0 Å². The second kappa shape index (κ2) is 14.2. The van der Waals surface area contributed by atoms with E-state index < -0.39 is 38.1 Å². The lowest BCUT2D eigenvalue weighted by Crippen LogP contribution is -2.38. The van der Waals surface area contributed by atoms with Gasteiger partial charge in [0.1, 0.15) is 42.2 Å². The van der Waals surface area contributed by atoms with Crippen LogP contribution < -0.4 is 9.47 Å². The summed E-state index contributed by atoms with van der Waals surface area (Å²) in [5.41, 5.74) is 0.728. The fourth-order valence-electron chi connectivity index (χ4n) is 3.72. The molecule has 3 unspecified atom stereocenters. The van der Waals surface area contributed by atoms with E-state index in [-0.39, 0.29) is 31.5 Å². The summed E-state index contributed by atoms with van der Waals surface area (Å²) in [7, 11) is 3.12. The molecule has 1 fully saturated rings. The third-order valence-corrected chi connectivity index (χ3v) is 7.24. The molecule has 0 radical (unpaired) electrons. The van der Waals surface area contributed by atoms with Crippen molar-refractivity contribution in [2.24, 2.45) is 0 Å². The maximum Gasteiger partial charge on any atom is 0.342 e. The van der Waals surface area contributed by atoms with Gasteiger partial charge in [0, 0.05) is 28.4 Å². The van der Waals surface area contributed by atoms with E-state index in [1.54, 1.807) is 38.1 Å². The second-order valence-corrected chi connectivity index (χ2v) is 15.9. The van der Waals surface area contributed by atoms with Crippen molar-refractivity contribution in [1.29, 1.82) is 0 Å². The van der Waals surface area contributed by atoms with E-state index >= 15 is 0 Å². The van der Waals surface area contributed by atoms with Gasteiger partial charge < -0.3 is 43.0 Å². The van der Waals surface area contributed by atoms with E-state index in [0.29, 0.717) is 17.9 Å². The fraction of sp³-hybridized carbons (Fsp3) is 0.654. The molecule has 0 saturated carbocycles. The summed E-state index contributed by atoms with van der Waals surface area (Å²) < 4.78 is 44.6. The Bertz CT molecular complexity index is 896. The predicted molar refractivity (Wildman–Crippen MR) is 141 cm³/mol. The molecule has 1 aromatic rings. The van der Waals surface area contributed by atoms with E-state index in [4.69, 9.17) is 37.9 Å². The number of carbonyl (C=O) groups excluding carboxylic acids is 1. The Kier molecular flexibility index (Phi) is 12.0. The van der Waals surface area contributed by atoms with E-state index in [2.05, 4.69) is 19.6 Å². The van der Waals surface area contributed by atoms with E-state index in [1.807, 2.05) is 0 Å². The number of carbonyl (C=O) groups is 1. The highest BCUT2D eigenvalue weighted by Gasteiger charge is 2.44. The lowest BCUT2D eigenvalue weighted by molar-refractivity contribution is -0.164. The van der Waals surface area contributed by atoms with Crippen LogP contribution >= 0.6 is 0 Å². The minimum absolute atomic E-state index is 0.0145. The summed E-state index contributed by atoms with van der Waals surface area (Å²) in [6, 6.07) is 4.15. The van der Waals surface area contributed by atoms with Crippen LogP contribution in [0.2, 0.25) is 25.7 Å².